The van der Waals surface area contributed by atoms with Crippen molar-refractivity contribution in [3.63, 3.8) is 0 Å². The predicted molar refractivity (Wildman–Crippen MR) is 103 cm³/mol. The van der Waals surface area contributed by atoms with Gasteiger partial charge >= 0.3 is 0 Å². The van der Waals surface area contributed by atoms with E-state index < -0.39 is 0 Å². The third-order valence-corrected chi connectivity index (χ3v) is 5.47. The molecule has 0 saturated heterocycles. The maximum absolute atomic E-state index is 12.3. The monoisotopic (exact) mass is 373 g/mol. The lowest BCUT2D eigenvalue weighted by Gasteiger charge is -2.07. The Bertz CT molecular complexity index is 915. The van der Waals surface area contributed by atoms with E-state index in [1.807, 2.05) is 5.38 Å². The number of hydrogen-bond donors (Lipinski definition) is 1. The molecule has 1 amide bonds. The van der Waals surface area contributed by atoms with Gasteiger partial charge in [-0.15, -0.1) is 22.7 Å². The van der Waals surface area contributed by atoms with E-state index in [0.29, 0.717) is 17.4 Å². The van der Waals surface area contributed by atoms with Gasteiger partial charge < -0.3 is 4.74 Å². The Morgan fingerprint density at radius 1 is 1.08 bits per heavy atom. The average Bonchev–Trinajstić information content (AvgIpc) is 3.21. The van der Waals surface area contributed by atoms with E-state index in [-0.39, 0.29) is 5.91 Å². The molecule has 3 aromatic rings. The standard InChI is InChI=1S/C18H19N3O2S2/c1-10-5-12(3)13(6-11(10)2)14-8-25-18(20-14)21-17(22)15-9-24-16(19-15)7-23-4/h5-6,8-9H,7H2,1-4H3,(H,20,21,22). The number of anilines is 1. The van der Waals surface area contributed by atoms with Crippen molar-refractivity contribution < 1.29 is 9.53 Å². The molecule has 1 aromatic carbocycles. The Morgan fingerprint density at radius 3 is 2.60 bits per heavy atom. The predicted octanol–water partition coefficient (Wildman–Crippen LogP) is 4.59. The number of amides is 1. The zero-order valence-electron chi connectivity index (χ0n) is 14.5. The van der Waals surface area contributed by atoms with Crippen LogP contribution in [0.1, 0.15) is 32.2 Å². The highest BCUT2D eigenvalue weighted by Crippen LogP contribution is 2.29. The summed E-state index contributed by atoms with van der Waals surface area (Å²) in [5, 5.41) is 7.86. The number of nitrogens with one attached hydrogen (secondary N) is 1. The summed E-state index contributed by atoms with van der Waals surface area (Å²) >= 11 is 2.82. The number of carbonyl (C=O) groups is 1. The fourth-order valence-electron chi connectivity index (χ4n) is 2.46. The molecule has 1 N–H and O–H groups in total. The highest BCUT2D eigenvalue weighted by molar-refractivity contribution is 7.14. The fourth-order valence-corrected chi connectivity index (χ4v) is 3.91. The summed E-state index contributed by atoms with van der Waals surface area (Å²) in [5.41, 5.74) is 6.02. The fraction of sp³-hybridized carbons (Fsp3) is 0.278. The van der Waals surface area contributed by atoms with Crippen LogP contribution in [0.15, 0.2) is 22.9 Å². The molecule has 0 saturated carbocycles. The highest BCUT2D eigenvalue weighted by Gasteiger charge is 2.14. The average molecular weight is 374 g/mol. The summed E-state index contributed by atoms with van der Waals surface area (Å²) in [7, 11) is 1.60. The first-order chi connectivity index (χ1) is 12.0. The number of methoxy groups -OCH3 is 1. The van der Waals surface area contributed by atoms with Crippen LogP contribution in [0, 0.1) is 20.8 Å². The summed E-state index contributed by atoms with van der Waals surface area (Å²) < 4.78 is 5.03. The first kappa shape index (κ1) is 17.7. The van der Waals surface area contributed by atoms with E-state index >= 15 is 0 Å². The maximum atomic E-state index is 12.3. The molecule has 0 aliphatic heterocycles. The van der Waals surface area contributed by atoms with Crippen LogP contribution in [0.3, 0.4) is 0 Å². The van der Waals surface area contributed by atoms with Crippen molar-refractivity contribution in [1.29, 1.82) is 0 Å². The number of thiazole rings is 2. The topological polar surface area (TPSA) is 64.1 Å². The van der Waals surface area contributed by atoms with Gasteiger partial charge in [0.15, 0.2) is 5.13 Å². The van der Waals surface area contributed by atoms with Crippen LogP contribution in [0.5, 0.6) is 0 Å². The zero-order valence-corrected chi connectivity index (χ0v) is 16.2. The number of aryl methyl sites for hydroxylation is 3. The zero-order chi connectivity index (χ0) is 18.0. The normalized spacial score (nSPS) is 10.9. The molecule has 130 valence electrons. The third-order valence-electron chi connectivity index (χ3n) is 3.89. The molecular weight excluding hydrogens is 354 g/mol. The van der Waals surface area contributed by atoms with Crippen molar-refractivity contribution in [3.8, 4) is 11.3 Å². The Balaban J connectivity index is 1.77. The number of rotatable bonds is 5. The van der Waals surface area contributed by atoms with Crippen molar-refractivity contribution in [2.75, 3.05) is 12.4 Å². The second-order valence-corrected chi connectivity index (χ2v) is 7.60. The van der Waals surface area contributed by atoms with Crippen LogP contribution in [-0.4, -0.2) is 23.0 Å². The molecule has 3 rings (SSSR count). The van der Waals surface area contributed by atoms with Gasteiger partial charge in [0.25, 0.3) is 5.91 Å². The van der Waals surface area contributed by atoms with Gasteiger partial charge in [0.2, 0.25) is 0 Å². The number of nitrogens with zero attached hydrogens (tertiary/aromatic N) is 2. The summed E-state index contributed by atoms with van der Waals surface area (Å²) in [6.45, 7) is 6.68. The summed E-state index contributed by atoms with van der Waals surface area (Å²) in [4.78, 5) is 21.1. The van der Waals surface area contributed by atoms with E-state index in [1.165, 1.54) is 39.4 Å². The van der Waals surface area contributed by atoms with Crippen molar-refractivity contribution in [1.82, 2.24) is 9.97 Å². The molecule has 0 fully saturated rings. The summed E-state index contributed by atoms with van der Waals surface area (Å²) in [6, 6.07) is 4.30. The van der Waals surface area contributed by atoms with Crippen molar-refractivity contribution in [2.24, 2.45) is 0 Å². The van der Waals surface area contributed by atoms with Gasteiger partial charge in [0.1, 0.15) is 10.7 Å². The minimum atomic E-state index is -0.253. The number of aromatic nitrogens is 2. The molecule has 0 bridgehead atoms. The van der Waals surface area contributed by atoms with Crippen molar-refractivity contribution in [2.45, 2.75) is 27.4 Å². The van der Waals surface area contributed by atoms with E-state index in [9.17, 15) is 4.79 Å². The van der Waals surface area contributed by atoms with Gasteiger partial charge in [-0.2, -0.15) is 0 Å². The number of ether oxygens (including phenoxy) is 1. The van der Waals surface area contributed by atoms with Crippen LogP contribution in [-0.2, 0) is 11.3 Å². The van der Waals surface area contributed by atoms with Gasteiger partial charge in [0.05, 0.1) is 12.3 Å². The van der Waals surface area contributed by atoms with Gasteiger partial charge in [0, 0.05) is 23.4 Å². The SMILES string of the molecule is COCc1nc(C(=O)Nc2nc(-c3cc(C)c(C)cc3C)cs2)cs1. The van der Waals surface area contributed by atoms with Crippen molar-refractivity contribution in [3.05, 3.63) is 50.3 Å². The lowest BCUT2D eigenvalue weighted by molar-refractivity contribution is 0.102. The smallest absolute Gasteiger partial charge is 0.276 e. The molecule has 0 aliphatic rings. The number of carbonyl (C=O) groups excluding carboxylic acids is 1. The quantitative estimate of drug-likeness (QED) is 0.710. The molecule has 0 radical (unpaired) electrons. The van der Waals surface area contributed by atoms with Gasteiger partial charge in [-0.25, -0.2) is 9.97 Å². The highest BCUT2D eigenvalue weighted by atomic mass is 32.1. The van der Waals surface area contributed by atoms with Crippen LogP contribution < -0.4 is 5.32 Å². The van der Waals surface area contributed by atoms with Crippen molar-refractivity contribution >= 4 is 33.7 Å². The van der Waals surface area contributed by atoms with Crippen LogP contribution in [0.4, 0.5) is 5.13 Å². The van der Waals surface area contributed by atoms with Crippen LogP contribution in [0.25, 0.3) is 11.3 Å². The number of hydrogen-bond acceptors (Lipinski definition) is 6. The first-order valence-corrected chi connectivity index (χ1v) is 9.52. The van der Waals surface area contributed by atoms with Gasteiger partial charge in [-0.3, -0.25) is 10.1 Å². The maximum Gasteiger partial charge on any atom is 0.276 e. The summed E-state index contributed by atoms with van der Waals surface area (Å²) in [6.07, 6.45) is 0. The Labute approximate surface area is 154 Å². The second-order valence-electron chi connectivity index (χ2n) is 5.80. The molecule has 0 aliphatic carbocycles. The van der Waals surface area contributed by atoms with Crippen LogP contribution in [0.2, 0.25) is 0 Å². The first-order valence-electron chi connectivity index (χ1n) is 7.76. The second kappa shape index (κ2) is 7.43. The minimum absolute atomic E-state index is 0.253. The Morgan fingerprint density at radius 2 is 1.84 bits per heavy atom. The van der Waals surface area contributed by atoms with E-state index in [2.05, 4.69) is 48.2 Å². The molecule has 25 heavy (non-hydrogen) atoms. The molecule has 0 atom stereocenters. The van der Waals surface area contributed by atoms with E-state index in [0.717, 1.165) is 16.3 Å². The largest absolute Gasteiger partial charge is 0.378 e. The molecule has 7 heteroatoms. The Kier molecular flexibility index (Phi) is 5.27. The minimum Gasteiger partial charge on any atom is -0.378 e. The molecular formula is C18H19N3O2S2. The Hall–Kier alpha value is -2.09. The third kappa shape index (κ3) is 3.95. The molecule has 2 heterocycles. The molecule has 2 aromatic heterocycles. The van der Waals surface area contributed by atoms with Crippen LogP contribution >= 0.6 is 22.7 Å². The lowest BCUT2D eigenvalue weighted by atomic mass is 9.99. The lowest BCUT2D eigenvalue weighted by Crippen LogP contribution is -2.12. The molecule has 0 unspecified atom stereocenters. The molecule has 5 nitrogen and oxygen atoms in total. The van der Waals surface area contributed by atoms with Gasteiger partial charge in [-0.1, -0.05) is 6.07 Å². The van der Waals surface area contributed by atoms with E-state index in [4.69, 9.17) is 4.74 Å². The van der Waals surface area contributed by atoms with Gasteiger partial charge in [-0.05, 0) is 43.5 Å². The number of benzene rings is 1. The summed E-state index contributed by atoms with van der Waals surface area (Å²) in [5.74, 6) is -0.253. The molecule has 0 spiro atoms. The van der Waals surface area contributed by atoms with E-state index in [1.54, 1.807) is 12.5 Å².